The Morgan fingerprint density at radius 2 is 2.11 bits per heavy atom. The highest BCUT2D eigenvalue weighted by Gasteiger charge is 2.19. The second-order valence-electron chi connectivity index (χ2n) is 4.47. The van der Waals surface area contributed by atoms with Crippen molar-refractivity contribution in [3.63, 3.8) is 0 Å². The smallest absolute Gasteiger partial charge is 0.237 e. The van der Waals surface area contributed by atoms with Crippen molar-refractivity contribution in [2.24, 2.45) is 0 Å². The summed E-state index contributed by atoms with van der Waals surface area (Å²) in [4.78, 5) is 11.8. The Balaban J connectivity index is 1.93. The van der Waals surface area contributed by atoms with Gasteiger partial charge in [-0.25, -0.2) is 0 Å². The molecule has 1 aliphatic heterocycles. The van der Waals surface area contributed by atoms with E-state index in [0.717, 1.165) is 34.8 Å². The third kappa shape index (κ3) is 3.80. The van der Waals surface area contributed by atoms with Crippen molar-refractivity contribution in [1.29, 1.82) is 0 Å². The van der Waals surface area contributed by atoms with Gasteiger partial charge in [0.15, 0.2) is 0 Å². The maximum absolute atomic E-state index is 11.8. The first-order valence-corrected chi connectivity index (χ1v) is 7.70. The summed E-state index contributed by atoms with van der Waals surface area (Å²) in [5, 5.41) is 6.26. The third-order valence-electron chi connectivity index (χ3n) is 3.07. The summed E-state index contributed by atoms with van der Waals surface area (Å²) in [5.41, 5.74) is 1.17. The number of carbonyl (C=O) groups is 1. The number of benzene rings is 1. The van der Waals surface area contributed by atoms with Crippen LogP contribution in [-0.2, 0) is 11.3 Å². The fourth-order valence-corrected chi connectivity index (χ4v) is 2.70. The predicted octanol–water partition coefficient (Wildman–Crippen LogP) is 2.97. The first-order valence-electron chi connectivity index (χ1n) is 6.12. The standard InChI is InChI=1S/C13H16Br2N2O/c14-10-5-4-9(7-11(10)15)8-17-12-3-1-2-6-16-13(12)18/h4-5,7,12,17H,1-3,6,8H2,(H,16,18). The largest absolute Gasteiger partial charge is 0.355 e. The molecule has 98 valence electrons. The van der Waals surface area contributed by atoms with Crippen molar-refractivity contribution in [3.8, 4) is 0 Å². The minimum absolute atomic E-state index is 0.0603. The Hall–Kier alpha value is -0.390. The van der Waals surface area contributed by atoms with Crippen LogP contribution in [0.1, 0.15) is 24.8 Å². The van der Waals surface area contributed by atoms with Gasteiger partial charge in [0.2, 0.25) is 5.91 Å². The topological polar surface area (TPSA) is 41.1 Å². The highest BCUT2D eigenvalue weighted by Crippen LogP contribution is 2.23. The van der Waals surface area contributed by atoms with Crippen molar-refractivity contribution in [2.75, 3.05) is 6.54 Å². The molecule has 5 heteroatoms. The molecule has 1 unspecified atom stereocenters. The van der Waals surface area contributed by atoms with Gasteiger partial charge in [-0.15, -0.1) is 0 Å². The Kier molecular flexibility index (Phi) is 5.21. The molecular weight excluding hydrogens is 360 g/mol. The minimum atomic E-state index is -0.0603. The third-order valence-corrected chi connectivity index (χ3v) is 4.95. The van der Waals surface area contributed by atoms with Crippen LogP contribution in [0.15, 0.2) is 27.1 Å². The van der Waals surface area contributed by atoms with E-state index >= 15 is 0 Å². The van der Waals surface area contributed by atoms with Gasteiger partial charge in [-0.05, 0) is 68.8 Å². The lowest BCUT2D eigenvalue weighted by molar-refractivity contribution is -0.122. The minimum Gasteiger partial charge on any atom is -0.355 e. The van der Waals surface area contributed by atoms with Gasteiger partial charge < -0.3 is 10.6 Å². The highest BCUT2D eigenvalue weighted by atomic mass is 79.9. The molecule has 1 fully saturated rings. The summed E-state index contributed by atoms with van der Waals surface area (Å²) in [7, 11) is 0. The molecule has 0 bridgehead atoms. The number of hydrogen-bond donors (Lipinski definition) is 2. The molecule has 0 aliphatic carbocycles. The quantitative estimate of drug-likeness (QED) is 0.852. The van der Waals surface area contributed by atoms with E-state index in [1.165, 1.54) is 5.56 Å². The van der Waals surface area contributed by atoms with Crippen LogP contribution in [0.25, 0.3) is 0 Å². The summed E-state index contributed by atoms with van der Waals surface area (Å²) in [6, 6.07) is 6.06. The summed E-state index contributed by atoms with van der Waals surface area (Å²) in [6.07, 6.45) is 3.09. The maximum atomic E-state index is 11.8. The zero-order chi connectivity index (χ0) is 13.0. The van der Waals surface area contributed by atoms with E-state index in [1.807, 2.05) is 6.07 Å². The second kappa shape index (κ2) is 6.68. The normalized spacial score (nSPS) is 20.3. The average Bonchev–Trinajstić information content (AvgIpc) is 2.56. The molecule has 1 aromatic carbocycles. The van der Waals surface area contributed by atoms with Crippen molar-refractivity contribution < 1.29 is 4.79 Å². The van der Waals surface area contributed by atoms with Crippen LogP contribution in [0.2, 0.25) is 0 Å². The molecule has 1 atom stereocenters. The molecule has 3 nitrogen and oxygen atoms in total. The molecule has 1 amide bonds. The molecular formula is C13H16Br2N2O. The van der Waals surface area contributed by atoms with Crippen molar-refractivity contribution in [1.82, 2.24) is 10.6 Å². The molecule has 1 saturated heterocycles. The van der Waals surface area contributed by atoms with E-state index in [4.69, 9.17) is 0 Å². The monoisotopic (exact) mass is 374 g/mol. The Morgan fingerprint density at radius 1 is 1.28 bits per heavy atom. The lowest BCUT2D eigenvalue weighted by atomic mass is 10.1. The first-order chi connectivity index (χ1) is 8.66. The van der Waals surface area contributed by atoms with Crippen LogP contribution in [0, 0.1) is 0 Å². The Bertz CT molecular complexity index is 437. The van der Waals surface area contributed by atoms with Crippen LogP contribution in [0.4, 0.5) is 0 Å². The number of carbonyl (C=O) groups excluding carboxylic acids is 1. The summed E-state index contributed by atoms with van der Waals surface area (Å²) >= 11 is 6.93. The van der Waals surface area contributed by atoms with Crippen LogP contribution in [-0.4, -0.2) is 18.5 Å². The molecule has 1 aliphatic rings. The van der Waals surface area contributed by atoms with Crippen LogP contribution < -0.4 is 10.6 Å². The van der Waals surface area contributed by atoms with E-state index in [0.29, 0.717) is 6.54 Å². The van der Waals surface area contributed by atoms with Gasteiger partial charge >= 0.3 is 0 Å². The van der Waals surface area contributed by atoms with E-state index in [9.17, 15) is 4.79 Å². The molecule has 1 aromatic rings. The van der Waals surface area contributed by atoms with Gasteiger partial charge in [0.25, 0.3) is 0 Å². The van der Waals surface area contributed by atoms with Gasteiger partial charge in [-0.2, -0.15) is 0 Å². The Labute approximate surface area is 124 Å². The SMILES string of the molecule is O=C1NCCCCC1NCc1ccc(Br)c(Br)c1. The van der Waals surface area contributed by atoms with Gasteiger partial charge in [0.05, 0.1) is 6.04 Å². The molecule has 18 heavy (non-hydrogen) atoms. The summed E-state index contributed by atoms with van der Waals surface area (Å²) < 4.78 is 2.07. The zero-order valence-corrected chi connectivity index (χ0v) is 13.2. The van der Waals surface area contributed by atoms with Gasteiger partial charge in [-0.1, -0.05) is 6.07 Å². The first kappa shape index (κ1) is 14.0. The summed E-state index contributed by atoms with van der Waals surface area (Å²) in [5.74, 6) is 0.128. The van der Waals surface area contributed by atoms with Gasteiger partial charge in [-0.3, -0.25) is 4.79 Å². The van der Waals surface area contributed by atoms with E-state index < -0.39 is 0 Å². The zero-order valence-electron chi connectivity index (χ0n) is 10.0. The number of rotatable bonds is 3. The van der Waals surface area contributed by atoms with Crippen LogP contribution >= 0.6 is 31.9 Å². The Morgan fingerprint density at radius 3 is 2.89 bits per heavy atom. The van der Waals surface area contributed by atoms with Crippen molar-refractivity contribution >= 4 is 37.8 Å². The lowest BCUT2D eigenvalue weighted by Gasteiger charge is -2.15. The second-order valence-corrected chi connectivity index (χ2v) is 6.18. The maximum Gasteiger partial charge on any atom is 0.237 e. The molecule has 0 spiro atoms. The predicted molar refractivity (Wildman–Crippen MR) is 79.3 cm³/mol. The highest BCUT2D eigenvalue weighted by molar-refractivity contribution is 9.13. The van der Waals surface area contributed by atoms with Crippen molar-refractivity contribution in [2.45, 2.75) is 31.8 Å². The number of nitrogens with one attached hydrogen (secondary N) is 2. The molecule has 2 N–H and O–H groups in total. The number of hydrogen-bond acceptors (Lipinski definition) is 2. The van der Waals surface area contributed by atoms with E-state index in [1.54, 1.807) is 0 Å². The van der Waals surface area contributed by atoms with Crippen LogP contribution in [0.5, 0.6) is 0 Å². The van der Waals surface area contributed by atoms with Crippen LogP contribution in [0.3, 0.4) is 0 Å². The molecule has 1 heterocycles. The van der Waals surface area contributed by atoms with Gasteiger partial charge in [0.1, 0.15) is 0 Å². The number of amides is 1. The number of halogens is 2. The molecule has 0 saturated carbocycles. The lowest BCUT2D eigenvalue weighted by Crippen LogP contribution is -2.42. The van der Waals surface area contributed by atoms with E-state index in [2.05, 4.69) is 54.6 Å². The fraction of sp³-hybridized carbons (Fsp3) is 0.462. The van der Waals surface area contributed by atoms with E-state index in [-0.39, 0.29) is 11.9 Å². The van der Waals surface area contributed by atoms with Gasteiger partial charge in [0, 0.05) is 22.0 Å². The molecule has 2 rings (SSSR count). The summed E-state index contributed by atoms with van der Waals surface area (Å²) in [6.45, 7) is 1.52. The molecule has 0 aromatic heterocycles. The average molecular weight is 376 g/mol. The van der Waals surface area contributed by atoms with Crippen molar-refractivity contribution in [3.05, 3.63) is 32.7 Å². The molecule has 0 radical (unpaired) electrons. The fourth-order valence-electron chi connectivity index (χ4n) is 2.02.